The number of H-pyrrole nitrogens is 1. The van der Waals surface area contributed by atoms with Crippen molar-refractivity contribution in [2.24, 2.45) is 0 Å². The Balaban J connectivity index is 1.51. The molecule has 0 aliphatic carbocycles. The summed E-state index contributed by atoms with van der Waals surface area (Å²) in [4.78, 5) is 19.8. The average molecular weight is 333 g/mol. The number of likely N-dealkylation sites (tertiary alicyclic amines) is 1. The summed E-state index contributed by atoms with van der Waals surface area (Å²) in [6.45, 7) is 1.91. The first-order valence-electron chi connectivity index (χ1n) is 7.59. The Kier molecular flexibility index (Phi) is 4.47. The van der Waals surface area contributed by atoms with E-state index >= 15 is 0 Å². The van der Waals surface area contributed by atoms with Gasteiger partial charge in [-0.25, -0.2) is 9.78 Å². The molecule has 3 rings (SSSR count). The van der Waals surface area contributed by atoms with Gasteiger partial charge in [-0.3, -0.25) is 0 Å². The molecule has 23 heavy (non-hydrogen) atoms. The van der Waals surface area contributed by atoms with Gasteiger partial charge >= 0.3 is 12.3 Å². The van der Waals surface area contributed by atoms with Gasteiger partial charge in [0.2, 0.25) is 0 Å². The number of carbonyl (C=O) groups excluding carboxylic acids is 1. The minimum absolute atomic E-state index is 0.107. The fraction of sp³-hybridized carbons (Fsp3) is 0.714. The third-order valence-corrected chi connectivity index (χ3v) is 4.20. The monoisotopic (exact) mass is 333 g/mol. The Morgan fingerprint density at radius 1 is 1.35 bits per heavy atom. The van der Waals surface area contributed by atoms with Gasteiger partial charge in [0.1, 0.15) is 17.6 Å². The van der Waals surface area contributed by atoms with E-state index < -0.39 is 11.9 Å². The van der Waals surface area contributed by atoms with Crippen molar-refractivity contribution in [2.45, 2.75) is 37.5 Å². The maximum Gasteiger partial charge on any atom is 0.432 e. The van der Waals surface area contributed by atoms with E-state index in [0.29, 0.717) is 51.4 Å². The first kappa shape index (κ1) is 16.1. The predicted molar refractivity (Wildman–Crippen MR) is 72.8 cm³/mol. The molecule has 9 heteroatoms. The standard InChI is InChI=1S/C14H18F3N3O3/c15-14(16,17)11-7-18-12(19-11)9-1-4-20(5-2-9)13(21)23-10-3-6-22-8-10/h7,9-10H,1-6,8H2,(H,18,19). The van der Waals surface area contributed by atoms with Gasteiger partial charge in [0.05, 0.1) is 19.4 Å². The molecule has 0 spiro atoms. The maximum absolute atomic E-state index is 12.6. The first-order valence-corrected chi connectivity index (χ1v) is 7.59. The number of imidazole rings is 1. The van der Waals surface area contributed by atoms with Crippen LogP contribution in [0.3, 0.4) is 0 Å². The fourth-order valence-corrected chi connectivity index (χ4v) is 2.85. The van der Waals surface area contributed by atoms with Gasteiger partial charge in [-0.15, -0.1) is 0 Å². The topological polar surface area (TPSA) is 67.5 Å². The van der Waals surface area contributed by atoms with E-state index in [-0.39, 0.29) is 18.1 Å². The van der Waals surface area contributed by atoms with Crippen molar-refractivity contribution in [3.63, 3.8) is 0 Å². The second-order valence-electron chi connectivity index (χ2n) is 5.81. The van der Waals surface area contributed by atoms with Crippen LogP contribution >= 0.6 is 0 Å². The minimum atomic E-state index is -4.42. The van der Waals surface area contributed by atoms with Crippen LogP contribution in [-0.4, -0.2) is 53.4 Å². The van der Waals surface area contributed by atoms with E-state index in [4.69, 9.17) is 9.47 Å². The van der Waals surface area contributed by atoms with Crippen LogP contribution in [0, 0.1) is 0 Å². The molecule has 1 amide bonds. The van der Waals surface area contributed by atoms with Crippen LogP contribution in [0.1, 0.15) is 36.7 Å². The van der Waals surface area contributed by atoms with E-state index in [2.05, 4.69) is 9.97 Å². The normalized spacial score (nSPS) is 23.3. The minimum Gasteiger partial charge on any atom is -0.444 e. The van der Waals surface area contributed by atoms with Gasteiger partial charge in [-0.1, -0.05) is 0 Å². The molecule has 0 bridgehead atoms. The van der Waals surface area contributed by atoms with Crippen molar-refractivity contribution in [2.75, 3.05) is 26.3 Å². The number of ether oxygens (including phenoxy) is 2. The molecule has 1 unspecified atom stereocenters. The number of nitrogens with zero attached hydrogens (tertiary/aromatic N) is 2. The van der Waals surface area contributed by atoms with Crippen LogP contribution < -0.4 is 0 Å². The first-order chi connectivity index (χ1) is 10.9. The van der Waals surface area contributed by atoms with Crippen LogP contribution in [0.15, 0.2) is 6.20 Å². The van der Waals surface area contributed by atoms with Gasteiger partial charge in [0.15, 0.2) is 0 Å². The molecule has 1 aromatic rings. The van der Waals surface area contributed by atoms with Crippen LogP contribution in [0.5, 0.6) is 0 Å². The van der Waals surface area contributed by atoms with E-state index in [0.717, 1.165) is 6.20 Å². The number of piperidine rings is 1. The van der Waals surface area contributed by atoms with Gasteiger partial charge < -0.3 is 19.4 Å². The zero-order valence-corrected chi connectivity index (χ0v) is 12.4. The Hall–Kier alpha value is -1.77. The summed E-state index contributed by atoms with van der Waals surface area (Å²) in [6, 6.07) is 0. The smallest absolute Gasteiger partial charge is 0.432 e. The lowest BCUT2D eigenvalue weighted by molar-refractivity contribution is -0.141. The molecule has 0 radical (unpaired) electrons. The molecular formula is C14H18F3N3O3. The van der Waals surface area contributed by atoms with Crippen LogP contribution in [0.25, 0.3) is 0 Å². The number of carbonyl (C=O) groups is 1. The summed E-state index contributed by atoms with van der Waals surface area (Å²) in [5, 5.41) is 0. The van der Waals surface area contributed by atoms with Crippen molar-refractivity contribution >= 4 is 6.09 Å². The zero-order valence-electron chi connectivity index (χ0n) is 12.4. The highest BCUT2D eigenvalue weighted by atomic mass is 19.4. The SMILES string of the molecule is O=C(OC1CCOC1)N1CCC(c2ncc(C(F)(F)F)[nH]2)CC1. The highest BCUT2D eigenvalue weighted by Gasteiger charge is 2.35. The van der Waals surface area contributed by atoms with Gasteiger partial charge in [0.25, 0.3) is 0 Å². The summed E-state index contributed by atoms with van der Waals surface area (Å²) >= 11 is 0. The van der Waals surface area contributed by atoms with E-state index in [1.165, 1.54) is 0 Å². The molecular weight excluding hydrogens is 315 g/mol. The molecule has 2 saturated heterocycles. The second kappa shape index (κ2) is 6.38. The Morgan fingerprint density at radius 3 is 2.65 bits per heavy atom. The second-order valence-corrected chi connectivity index (χ2v) is 5.81. The lowest BCUT2D eigenvalue weighted by Gasteiger charge is -2.31. The molecule has 3 heterocycles. The highest BCUT2D eigenvalue weighted by Crippen LogP contribution is 2.31. The van der Waals surface area contributed by atoms with E-state index in [1.807, 2.05) is 0 Å². The number of alkyl halides is 3. The third-order valence-electron chi connectivity index (χ3n) is 4.20. The lowest BCUT2D eigenvalue weighted by atomic mass is 9.96. The largest absolute Gasteiger partial charge is 0.444 e. The van der Waals surface area contributed by atoms with Crippen LogP contribution in [0.4, 0.5) is 18.0 Å². The zero-order chi connectivity index (χ0) is 16.4. The molecule has 128 valence electrons. The fourth-order valence-electron chi connectivity index (χ4n) is 2.85. The predicted octanol–water partition coefficient (Wildman–Crippen LogP) is 2.53. The molecule has 1 N–H and O–H groups in total. The third kappa shape index (κ3) is 3.77. The van der Waals surface area contributed by atoms with Gasteiger partial charge in [-0.05, 0) is 12.8 Å². The van der Waals surface area contributed by atoms with Crippen molar-refractivity contribution < 1.29 is 27.4 Å². The van der Waals surface area contributed by atoms with Crippen molar-refractivity contribution in [3.05, 3.63) is 17.7 Å². The number of aromatic amines is 1. The number of aromatic nitrogens is 2. The number of hydrogen-bond acceptors (Lipinski definition) is 4. The van der Waals surface area contributed by atoms with E-state index in [1.54, 1.807) is 4.90 Å². The molecule has 1 atom stereocenters. The molecule has 2 aliphatic heterocycles. The lowest BCUT2D eigenvalue weighted by Crippen LogP contribution is -2.40. The van der Waals surface area contributed by atoms with Crippen LogP contribution in [-0.2, 0) is 15.7 Å². The quantitative estimate of drug-likeness (QED) is 0.903. The van der Waals surface area contributed by atoms with Crippen molar-refractivity contribution in [1.82, 2.24) is 14.9 Å². The van der Waals surface area contributed by atoms with Gasteiger partial charge in [0, 0.05) is 25.4 Å². The summed E-state index contributed by atoms with van der Waals surface area (Å²) in [7, 11) is 0. The molecule has 1 aromatic heterocycles. The summed E-state index contributed by atoms with van der Waals surface area (Å²) in [5.41, 5.74) is -0.837. The summed E-state index contributed by atoms with van der Waals surface area (Å²) in [6.07, 6.45) is -2.36. The van der Waals surface area contributed by atoms with E-state index in [9.17, 15) is 18.0 Å². The number of rotatable bonds is 2. The summed E-state index contributed by atoms with van der Waals surface area (Å²) < 4.78 is 48.2. The highest BCUT2D eigenvalue weighted by molar-refractivity contribution is 5.68. The molecule has 2 fully saturated rings. The summed E-state index contributed by atoms with van der Waals surface area (Å²) in [5.74, 6) is 0.222. The number of amides is 1. The van der Waals surface area contributed by atoms with Crippen molar-refractivity contribution in [1.29, 1.82) is 0 Å². The number of halogens is 3. The maximum atomic E-state index is 12.6. The Bertz CT molecular complexity index is 547. The molecule has 0 aromatic carbocycles. The number of hydrogen-bond donors (Lipinski definition) is 1. The molecule has 6 nitrogen and oxygen atoms in total. The number of nitrogens with one attached hydrogen (secondary N) is 1. The van der Waals surface area contributed by atoms with Gasteiger partial charge in [-0.2, -0.15) is 13.2 Å². The average Bonchev–Trinajstić information content (AvgIpc) is 3.18. The molecule has 2 aliphatic rings. The Labute approximate surface area is 131 Å². The van der Waals surface area contributed by atoms with Crippen molar-refractivity contribution in [3.8, 4) is 0 Å². The van der Waals surface area contributed by atoms with Crippen LogP contribution in [0.2, 0.25) is 0 Å². The Morgan fingerprint density at radius 2 is 2.09 bits per heavy atom. The molecule has 0 saturated carbocycles.